The molecule has 1 rings (SSSR count). The van der Waals surface area contributed by atoms with E-state index in [0.29, 0.717) is 6.42 Å². The fourth-order valence-corrected chi connectivity index (χ4v) is 1.45. The topological polar surface area (TPSA) is 37.3 Å². The van der Waals surface area contributed by atoms with E-state index in [2.05, 4.69) is 12.6 Å². The molecule has 0 saturated carbocycles. The second kappa shape index (κ2) is 4.51. The molecule has 0 aromatic heterocycles. The van der Waals surface area contributed by atoms with Gasteiger partial charge in [0.15, 0.2) is 0 Å². The van der Waals surface area contributed by atoms with Crippen LogP contribution in [0.15, 0.2) is 18.2 Å². The van der Waals surface area contributed by atoms with Crippen LogP contribution in [0.2, 0.25) is 0 Å². The largest absolute Gasteiger partial charge is 0.480 e. The van der Waals surface area contributed by atoms with Crippen LogP contribution in [-0.2, 0) is 11.2 Å². The molecule has 2 nitrogen and oxygen atoms in total. The van der Waals surface area contributed by atoms with Gasteiger partial charge in [-0.15, -0.1) is 0 Å². The highest BCUT2D eigenvalue weighted by Crippen LogP contribution is 2.13. The van der Waals surface area contributed by atoms with Gasteiger partial charge in [0.05, 0.1) is 0 Å². The van der Waals surface area contributed by atoms with Crippen LogP contribution in [0.3, 0.4) is 0 Å². The predicted molar refractivity (Wildman–Crippen MR) is 60.0 cm³/mol. The Kier molecular flexibility index (Phi) is 3.58. The van der Waals surface area contributed by atoms with Crippen LogP contribution in [-0.4, -0.2) is 16.3 Å². The number of hydrogen-bond donors (Lipinski definition) is 2. The minimum atomic E-state index is -0.869. The summed E-state index contributed by atoms with van der Waals surface area (Å²) in [5.74, 6) is -0.869. The van der Waals surface area contributed by atoms with Gasteiger partial charge < -0.3 is 5.11 Å². The second-order valence-electron chi connectivity index (χ2n) is 3.48. The second-order valence-corrected chi connectivity index (χ2v) is 4.10. The monoisotopic (exact) mass is 210 g/mol. The van der Waals surface area contributed by atoms with Gasteiger partial charge in [-0.25, -0.2) is 0 Å². The van der Waals surface area contributed by atoms with Gasteiger partial charge in [-0.2, -0.15) is 12.6 Å². The van der Waals surface area contributed by atoms with Crippen molar-refractivity contribution in [1.82, 2.24) is 0 Å². The molecule has 0 fully saturated rings. The van der Waals surface area contributed by atoms with E-state index in [1.807, 2.05) is 32.0 Å². The molecule has 0 unspecified atom stereocenters. The first kappa shape index (κ1) is 11.1. The number of rotatable bonds is 3. The van der Waals surface area contributed by atoms with Crippen molar-refractivity contribution >= 4 is 18.6 Å². The molecule has 1 aromatic carbocycles. The van der Waals surface area contributed by atoms with E-state index in [9.17, 15) is 4.79 Å². The van der Waals surface area contributed by atoms with Crippen molar-refractivity contribution in [3.05, 3.63) is 34.9 Å². The number of carbonyl (C=O) groups is 1. The molecule has 0 saturated heterocycles. The van der Waals surface area contributed by atoms with Crippen LogP contribution >= 0.6 is 12.6 Å². The zero-order valence-corrected chi connectivity index (χ0v) is 9.21. The van der Waals surface area contributed by atoms with Crippen molar-refractivity contribution < 1.29 is 9.90 Å². The van der Waals surface area contributed by atoms with Crippen LogP contribution in [0.5, 0.6) is 0 Å². The van der Waals surface area contributed by atoms with E-state index in [1.54, 1.807) is 0 Å². The van der Waals surface area contributed by atoms with Gasteiger partial charge in [-0.3, -0.25) is 4.79 Å². The predicted octanol–water partition coefficient (Wildman–Crippen LogP) is 2.23. The van der Waals surface area contributed by atoms with Crippen LogP contribution in [0, 0.1) is 13.8 Å². The Bertz CT molecular complexity index is 347. The molecule has 0 aliphatic heterocycles. The summed E-state index contributed by atoms with van der Waals surface area (Å²) >= 11 is 4.00. The molecule has 0 bridgehead atoms. The highest BCUT2D eigenvalue weighted by molar-refractivity contribution is 7.81. The average molecular weight is 210 g/mol. The Balaban J connectivity index is 2.78. The number of thiol groups is 1. The lowest BCUT2D eigenvalue weighted by Gasteiger charge is -2.07. The van der Waals surface area contributed by atoms with Gasteiger partial charge >= 0.3 is 5.97 Å². The SMILES string of the molecule is Cc1ccc(C[C@@H](S)C(=O)O)cc1C. The van der Waals surface area contributed by atoms with E-state index in [0.717, 1.165) is 5.56 Å². The molecule has 0 aliphatic carbocycles. The van der Waals surface area contributed by atoms with E-state index >= 15 is 0 Å². The third kappa shape index (κ3) is 2.77. The lowest BCUT2D eigenvalue weighted by atomic mass is 10.0. The lowest BCUT2D eigenvalue weighted by Crippen LogP contribution is -2.16. The third-order valence-electron chi connectivity index (χ3n) is 2.29. The van der Waals surface area contributed by atoms with Gasteiger partial charge in [0.25, 0.3) is 0 Å². The van der Waals surface area contributed by atoms with Gasteiger partial charge in [0.1, 0.15) is 5.25 Å². The molecular weight excluding hydrogens is 196 g/mol. The van der Waals surface area contributed by atoms with E-state index < -0.39 is 11.2 Å². The normalized spacial score (nSPS) is 12.5. The summed E-state index contributed by atoms with van der Waals surface area (Å²) in [7, 11) is 0. The first-order valence-electron chi connectivity index (χ1n) is 4.47. The summed E-state index contributed by atoms with van der Waals surface area (Å²) in [4.78, 5) is 10.6. The minimum absolute atomic E-state index is 0.472. The Morgan fingerprint density at radius 3 is 2.57 bits per heavy atom. The zero-order valence-electron chi connectivity index (χ0n) is 8.32. The number of hydrogen-bond acceptors (Lipinski definition) is 2. The standard InChI is InChI=1S/C11H14O2S/c1-7-3-4-9(5-8(7)2)6-10(14)11(12)13/h3-5,10,14H,6H2,1-2H3,(H,12,13)/t10-/m1/s1. The summed E-state index contributed by atoms with van der Waals surface area (Å²) in [6.07, 6.45) is 0.472. The Labute approximate surface area is 89.4 Å². The number of aliphatic carboxylic acids is 1. The maximum Gasteiger partial charge on any atom is 0.316 e. The Hall–Kier alpha value is -0.960. The zero-order chi connectivity index (χ0) is 10.7. The number of carboxylic acid groups (broad SMARTS) is 1. The number of carboxylic acids is 1. The van der Waals surface area contributed by atoms with Gasteiger partial charge in [0, 0.05) is 0 Å². The molecule has 0 radical (unpaired) electrons. The maximum atomic E-state index is 10.6. The molecule has 76 valence electrons. The summed E-state index contributed by atoms with van der Waals surface area (Å²) in [5.41, 5.74) is 3.43. The van der Waals surface area contributed by atoms with E-state index in [-0.39, 0.29) is 0 Å². The molecule has 1 aromatic rings. The third-order valence-corrected chi connectivity index (χ3v) is 2.69. The molecule has 0 aliphatic rings. The number of aryl methyl sites for hydroxylation is 2. The van der Waals surface area contributed by atoms with E-state index in [4.69, 9.17) is 5.11 Å². The van der Waals surface area contributed by atoms with Crippen LogP contribution in [0.1, 0.15) is 16.7 Å². The highest BCUT2D eigenvalue weighted by Gasteiger charge is 2.12. The molecule has 0 amide bonds. The van der Waals surface area contributed by atoms with Crippen molar-refractivity contribution in [2.45, 2.75) is 25.5 Å². The van der Waals surface area contributed by atoms with E-state index in [1.165, 1.54) is 11.1 Å². The van der Waals surface area contributed by atoms with Crippen LogP contribution in [0.25, 0.3) is 0 Å². The number of benzene rings is 1. The molecule has 3 heteroatoms. The maximum absolute atomic E-state index is 10.6. The molecule has 1 atom stereocenters. The average Bonchev–Trinajstić information content (AvgIpc) is 2.11. The van der Waals surface area contributed by atoms with Crippen LogP contribution in [0.4, 0.5) is 0 Å². The molecule has 1 N–H and O–H groups in total. The van der Waals surface area contributed by atoms with Gasteiger partial charge in [-0.1, -0.05) is 18.2 Å². The first-order chi connectivity index (χ1) is 6.50. The van der Waals surface area contributed by atoms with Crippen LogP contribution < -0.4 is 0 Å². The van der Waals surface area contributed by atoms with Gasteiger partial charge in [-0.05, 0) is 37.0 Å². The highest BCUT2D eigenvalue weighted by atomic mass is 32.1. The summed E-state index contributed by atoms with van der Waals surface area (Å²) in [6, 6.07) is 5.98. The Morgan fingerprint density at radius 2 is 2.07 bits per heavy atom. The lowest BCUT2D eigenvalue weighted by molar-refractivity contribution is -0.136. The minimum Gasteiger partial charge on any atom is -0.480 e. The van der Waals surface area contributed by atoms with Crippen molar-refractivity contribution in [2.24, 2.45) is 0 Å². The van der Waals surface area contributed by atoms with Crippen molar-refractivity contribution in [1.29, 1.82) is 0 Å². The Morgan fingerprint density at radius 1 is 1.43 bits per heavy atom. The van der Waals surface area contributed by atoms with Crippen molar-refractivity contribution in [3.8, 4) is 0 Å². The fraction of sp³-hybridized carbons (Fsp3) is 0.364. The smallest absolute Gasteiger partial charge is 0.316 e. The molecule has 0 spiro atoms. The molecular formula is C11H14O2S. The summed E-state index contributed by atoms with van der Waals surface area (Å²) < 4.78 is 0. The first-order valence-corrected chi connectivity index (χ1v) is 4.99. The molecule has 14 heavy (non-hydrogen) atoms. The quantitative estimate of drug-likeness (QED) is 0.751. The van der Waals surface area contributed by atoms with Crippen molar-refractivity contribution in [2.75, 3.05) is 0 Å². The fourth-order valence-electron chi connectivity index (χ4n) is 1.24. The summed E-state index contributed by atoms with van der Waals surface area (Å²) in [6.45, 7) is 4.06. The molecule has 0 heterocycles. The van der Waals surface area contributed by atoms with Gasteiger partial charge in [0.2, 0.25) is 0 Å². The van der Waals surface area contributed by atoms with Crippen molar-refractivity contribution in [3.63, 3.8) is 0 Å². The summed E-state index contributed by atoms with van der Waals surface area (Å²) in [5, 5.41) is 8.08.